The summed E-state index contributed by atoms with van der Waals surface area (Å²) in [6, 6.07) is 152. The zero-order valence-corrected chi connectivity index (χ0v) is 68.2. The summed E-state index contributed by atoms with van der Waals surface area (Å²) in [5.41, 5.74) is 31.0. The van der Waals surface area contributed by atoms with Crippen molar-refractivity contribution < 1.29 is 4.42 Å². The maximum atomic E-state index is 6.79. The summed E-state index contributed by atoms with van der Waals surface area (Å²) < 4.78 is 19.2. The Kier molecular flexibility index (Phi) is 15.1. The largest absolute Gasteiger partial charge is 0.454 e. The molecule has 27 rings (SSSR count). The van der Waals surface area contributed by atoms with Gasteiger partial charge in [-0.2, -0.15) is 0 Å². The molecule has 1 aliphatic carbocycles. The van der Waals surface area contributed by atoms with Crippen LogP contribution in [0.1, 0.15) is 25.0 Å². The number of hydrogen-bond acceptors (Lipinski definition) is 2. The first-order valence-electron chi connectivity index (χ1n) is 42.5. The number of nitrogens with zero attached hydrogens (tertiary/aromatic N) is 4. The summed E-state index contributed by atoms with van der Waals surface area (Å²) in [4.78, 5) is 0. The molecule has 0 amide bonds. The predicted octanol–water partition coefficient (Wildman–Crippen LogP) is 32.5. The molecule has 5 nitrogen and oxygen atoms in total. The van der Waals surface area contributed by atoms with Crippen LogP contribution in [0.25, 0.3) is 240 Å². The topological polar surface area (TPSA) is 32.9 Å². The molecule has 0 spiro atoms. The van der Waals surface area contributed by atoms with Gasteiger partial charge in [0.1, 0.15) is 5.58 Å². The highest BCUT2D eigenvalue weighted by Crippen LogP contribution is 2.52. The van der Waals surface area contributed by atoms with E-state index in [0.717, 1.165) is 38.7 Å². The fourth-order valence-electron chi connectivity index (χ4n) is 21.2. The van der Waals surface area contributed by atoms with Crippen molar-refractivity contribution in [2.75, 3.05) is 0 Å². The molecule has 0 atom stereocenters. The summed E-state index contributed by atoms with van der Waals surface area (Å²) >= 11 is 1.89. The van der Waals surface area contributed by atoms with Gasteiger partial charge in [0.15, 0.2) is 5.58 Å². The van der Waals surface area contributed by atoms with Gasteiger partial charge in [-0.1, -0.05) is 305 Å². The third-order valence-electron chi connectivity index (χ3n) is 26.8. The number of hydrogen-bond donors (Lipinski definition) is 0. The minimum Gasteiger partial charge on any atom is -0.454 e. The highest BCUT2D eigenvalue weighted by molar-refractivity contribution is 7.26. The summed E-state index contributed by atoms with van der Waals surface area (Å²) in [6.45, 7) is 4.71. The molecule has 0 bridgehead atoms. The van der Waals surface area contributed by atoms with E-state index in [1.165, 1.54) is 213 Å². The van der Waals surface area contributed by atoms with Crippen molar-refractivity contribution in [2.24, 2.45) is 0 Å². The van der Waals surface area contributed by atoms with Crippen LogP contribution in [0.5, 0.6) is 0 Å². The highest BCUT2D eigenvalue weighted by atomic mass is 32.1. The van der Waals surface area contributed by atoms with Crippen LogP contribution >= 0.6 is 11.3 Å². The molecule has 1 aliphatic rings. The number of thiophene rings is 1. The van der Waals surface area contributed by atoms with Gasteiger partial charge in [-0.05, 0) is 220 Å². The Bertz CT molecular complexity index is 8950. The van der Waals surface area contributed by atoms with E-state index >= 15 is 0 Å². The van der Waals surface area contributed by atoms with Crippen molar-refractivity contribution in [1.29, 1.82) is 0 Å². The van der Waals surface area contributed by atoms with Gasteiger partial charge < -0.3 is 22.7 Å². The van der Waals surface area contributed by atoms with E-state index < -0.39 is 0 Å². The van der Waals surface area contributed by atoms with Crippen LogP contribution in [0.2, 0.25) is 0 Å². The number of para-hydroxylation sites is 5. The summed E-state index contributed by atoms with van der Waals surface area (Å²) in [5, 5.41) is 22.5. The summed E-state index contributed by atoms with van der Waals surface area (Å²) in [6.07, 6.45) is 0. The molecule has 0 aliphatic heterocycles. The SMILES string of the molecule is CC1(C)c2ccccc2-c2ccc(-n3c4ccccc4c4cc(-c5ccc6c(c5)c5ccccc5n6-c5ccc(-c6ccccc6)c6c5oc5ccccc56)ccc43)cc21.c1ccc(-c2ccc(-n3c4ccccc4c4cc(-c5ccc6c(c5)c5ccccc5n6-c5ccc6c7ccccc7c7ccccc7c6c5)ccc43)c3sc4ccccc4c23)cc1. The van der Waals surface area contributed by atoms with Crippen LogP contribution in [0, 0.1) is 0 Å². The van der Waals surface area contributed by atoms with E-state index in [0.29, 0.717) is 0 Å². The second kappa shape index (κ2) is 26.7. The maximum absolute atomic E-state index is 6.79. The van der Waals surface area contributed by atoms with Crippen molar-refractivity contribution in [3.63, 3.8) is 0 Å². The van der Waals surface area contributed by atoms with E-state index in [1.54, 1.807) is 0 Å². The van der Waals surface area contributed by atoms with E-state index in [1.807, 2.05) is 11.3 Å². The van der Waals surface area contributed by atoms with Crippen molar-refractivity contribution >= 4 is 173 Å². The molecule has 123 heavy (non-hydrogen) atoms. The lowest BCUT2D eigenvalue weighted by atomic mass is 9.82. The van der Waals surface area contributed by atoms with Crippen molar-refractivity contribution in [3.8, 4) is 78.4 Å². The summed E-state index contributed by atoms with van der Waals surface area (Å²) in [5.74, 6) is 0. The van der Waals surface area contributed by atoms with Crippen LogP contribution in [-0.2, 0) is 5.41 Å². The molecule has 0 unspecified atom stereocenters. The molecule has 20 aromatic carbocycles. The Balaban J connectivity index is 0.000000132. The number of fused-ring (bicyclic) bond motifs is 27. The number of aromatic nitrogens is 4. The standard InChI is InChI=1S/C60H36N2S.C57H38N2O/c1-2-14-37(15-3-1)41-30-33-57(60-59(41)49-22-10-13-25-58(49)63-60)62-54-24-12-9-21-48(54)52-35-39(27-32-56(52)62)38-26-31-55-51(34-38)47-20-8-11-23-53(47)61(55)40-28-29-46-44-18-5-4-16-42(44)43-17-6-7-19-45(43)50(46)36-40;1-57(2)47-20-10-6-16-40(47)41-27-26-38(34-48(41)57)58-49-21-11-7-17-42(49)45-32-36(24-29-51(45)58)37-25-30-52-46(33-37)43-18-8-12-22-50(43)59(52)53-31-28-39(35-14-4-3-5-15-35)55-44-19-9-13-23-54(44)60-56(53)55/h1-36H;3-34H,1-2H3. The van der Waals surface area contributed by atoms with E-state index in [4.69, 9.17) is 4.42 Å². The lowest BCUT2D eigenvalue weighted by Gasteiger charge is -2.22. The third kappa shape index (κ3) is 10.3. The average molecular weight is 1580 g/mol. The van der Waals surface area contributed by atoms with Crippen molar-refractivity contribution in [3.05, 3.63) is 424 Å². The molecule has 0 saturated heterocycles. The lowest BCUT2D eigenvalue weighted by molar-refractivity contribution is 0.660. The van der Waals surface area contributed by atoms with Crippen LogP contribution in [0.3, 0.4) is 0 Å². The van der Waals surface area contributed by atoms with E-state index in [2.05, 4.69) is 445 Å². The number of rotatable bonds is 8. The van der Waals surface area contributed by atoms with Crippen molar-refractivity contribution in [2.45, 2.75) is 19.3 Å². The lowest BCUT2D eigenvalue weighted by Crippen LogP contribution is -2.15. The van der Waals surface area contributed by atoms with Gasteiger partial charge in [0, 0.05) is 86.1 Å². The van der Waals surface area contributed by atoms with Gasteiger partial charge in [0.05, 0.1) is 60.2 Å². The van der Waals surface area contributed by atoms with Crippen LogP contribution in [-0.4, -0.2) is 18.3 Å². The maximum Gasteiger partial charge on any atom is 0.160 e. The van der Waals surface area contributed by atoms with Gasteiger partial charge in [-0.25, -0.2) is 0 Å². The fourth-order valence-corrected chi connectivity index (χ4v) is 22.5. The molecule has 6 heteroatoms. The Morgan fingerprint density at radius 1 is 0.220 bits per heavy atom. The van der Waals surface area contributed by atoms with Gasteiger partial charge in [-0.15, -0.1) is 11.3 Å². The second-order valence-corrected chi connectivity index (χ2v) is 34.7. The van der Waals surface area contributed by atoms with Crippen LogP contribution in [0.15, 0.2) is 417 Å². The van der Waals surface area contributed by atoms with E-state index in [-0.39, 0.29) is 5.41 Å². The van der Waals surface area contributed by atoms with E-state index in [9.17, 15) is 0 Å². The third-order valence-corrected chi connectivity index (χ3v) is 28.0. The second-order valence-electron chi connectivity index (χ2n) is 33.7. The first kappa shape index (κ1) is 69.4. The van der Waals surface area contributed by atoms with Gasteiger partial charge >= 0.3 is 0 Å². The Morgan fingerprint density at radius 2 is 0.585 bits per heavy atom. The first-order chi connectivity index (χ1) is 60.8. The molecular weight excluding hydrogens is 1510 g/mol. The molecule has 0 saturated carbocycles. The predicted molar refractivity (Wildman–Crippen MR) is 522 cm³/mol. The van der Waals surface area contributed by atoms with Gasteiger partial charge in [-0.3, -0.25) is 0 Å². The highest BCUT2D eigenvalue weighted by Gasteiger charge is 2.36. The number of furan rings is 1. The molecule has 0 radical (unpaired) electrons. The Morgan fingerprint density at radius 3 is 1.12 bits per heavy atom. The summed E-state index contributed by atoms with van der Waals surface area (Å²) in [7, 11) is 0. The van der Waals surface area contributed by atoms with Crippen molar-refractivity contribution in [1.82, 2.24) is 18.3 Å². The molecule has 0 fully saturated rings. The minimum atomic E-state index is -0.0701. The van der Waals surface area contributed by atoms with Crippen LogP contribution in [0.4, 0.5) is 0 Å². The minimum absolute atomic E-state index is 0.0701. The Labute approximate surface area is 711 Å². The smallest absolute Gasteiger partial charge is 0.160 e. The van der Waals surface area contributed by atoms with Gasteiger partial charge in [0.25, 0.3) is 0 Å². The molecule has 6 aromatic heterocycles. The number of benzene rings is 20. The van der Waals surface area contributed by atoms with Gasteiger partial charge in [0.2, 0.25) is 0 Å². The zero-order valence-electron chi connectivity index (χ0n) is 67.4. The molecule has 26 aromatic rings. The Hall–Kier alpha value is -15.6. The normalized spacial score (nSPS) is 12.7. The first-order valence-corrected chi connectivity index (χ1v) is 43.3. The molecule has 0 N–H and O–H groups in total. The fraction of sp³-hybridized carbons (Fsp3) is 0.0256. The molecule has 6 heterocycles. The molecule has 574 valence electrons. The zero-order chi connectivity index (χ0) is 80.9. The van der Waals surface area contributed by atoms with Crippen LogP contribution < -0.4 is 0 Å². The average Bonchev–Trinajstić information content (AvgIpc) is 1.71. The quantitative estimate of drug-likeness (QED) is 0.140. The molecular formula is C117H74N4OS. The monoisotopic (exact) mass is 1580 g/mol.